The van der Waals surface area contributed by atoms with Crippen LogP contribution in [0.1, 0.15) is 39.0 Å². The highest BCUT2D eigenvalue weighted by molar-refractivity contribution is 8.00. The molecular weight excluding hydrogens is 238 g/mol. The summed E-state index contributed by atoms with van der Waals surface area (Å²) in [6.45, 7) is 1.93. The van der Waals surface area contributed by atoms with Gasteiger partial charge in [-0.05, 0) is 12.8 Å². The molecule has 0 spiro atoms. The zero-order valence-electron chi connectivity index (χ0n) is 10.5. The number of carbonyl (C=O) groups excluding carboxylic acids is 2. The molecule has 1 fully saturated rings. The molecule has 0 radical (unpaired) electrons. The summed E-state index contributed by atoms with van der Waals surface area (Å²) in [4.78, 5) is 22.6. The Hall–Kier alpha value is -0.710. The van der Waals surface area contributed by atoms with Crippen LogP contribution in [-0.2, 0) is 14.3 Å². The van der Waals surface area contributed by atoms with Gasteiger partial charge in [0.05, 0.1) is 19.3 Å². The molecule has 0 aromatic carbocycles. The fourth-order valence-corrected chi connectivity index (χ4v) is 2.71. The van der Waals surface area contributed by atoms with Crippen molar-refractivity contribution in [2.45, 2.75) is 50.3 Å². The van der Waals surface area contributed by atoms with Gasteiger partial charge in [0.15, 0.2) is 0 Å². The molecule has 0 bridgehead atoms. The van der Waals surface area contributed by atoms with E-state index in [9.17, 15) is 9.59 Å². The molecule has 0 aromatic heterocycles. The summed E-state index contributed by atoms with van der Waals surface area (Å²) in [6.07, 6.45) is 5.01. The molecule has 17 heavy (non-hydrogen) atoms. The zero-order chi connectivity index (χ0) is 12.7. The summed E-state index contributed by atoms with van der Waals surface area (Å²) in [5, 5.41) is 3.15. The SMILES string of the molecule is COC(=O)CC(C)SCC(=O)NC1CCCC1. The van der Waals surface area contributed by atoms with Gasteiger partial charge in [0, 0.05) is 11.3 Å². The molecule has 98 valence electrons. The molecule has 1 aliphatic carbocycles. The lowest BCUT2D eigenvalue weighted by atomic mass is 10.2. The molecular formula is C12H21NO3S. The van der Waals surface area contributed by atoms with Gasteiger partial charge >= 0.3 is 5.97 Å². The number of hydrogen-bond acceptors (Lipinski definition) is 4. The Bertz CT molecular complexity index is 264. The van der Waals surface area contributed by atoms with E-state index in [1.54, 1.807) is 0 Å². The summed E-state index contributed by atoms with van der Waals surface area (Å²) in [5.74, 6) is 0.286. The molecule has 1 N–H and O–H groups in total. The van der Waals surface area contributed by atoms with Crippen molar-refractivity contribution in [1.29, 1.82) is 0 Å². The van der Waals surface area contributed by atoms with Crippen LogP contribution in [0, 0.1) is 0 Å². The van der Waals surface area contributed by atoms with Crippen molar-refractivity contribution < 1.29 is 14.3 Å². The molecule has 4 nitrogen and oxygen atoms in total. The Morgan fingerprint density at radius 1 is 1.41 bits per heavy atom. The lowest BCUT2D eigenvalue weighted by molar-refractivity contribution is -0.140. The van der Waals surface area contributed by atoms with Crippen molar-refractivity contribution in [3.8, 4) is 0 Å². The maximum Gasteiger partial charge on any atom is 0.306 e. The number of thioether (sulfide) groups is 1. The van der Waals surface area contributed by atoms with Crippen molar-refractivity contribution in [2.24, 2.45) is 0 Å². The molecule has 1 unspecified atom stereocenters. The summed E-state index contributed by atoms with van der Waals surface area (Å²) >= 11 is 1.50. The quantitative estimate of drug-likeness (QED) is 0.738. The van der Waals surface area contributed by atoms with Crippen LogP contribution >= 0.6 is 11.8 Å². The van der Waals surface area contributed by atoms with Crippen molar-refractivity contribution in [1.82, 2.24) is 5.32 Å². The molecule has 5 heteroatoms. The number of methoxy groups -OCH3 is 1. The van der Waals surface area contributed by atoms with Gasteiger partial charge in [-0.1, -0.05) is 19.8 Å². The van der Waals surface area contributed by atoms with Gasteiger partial charge in [-0.2, -0.15) is 0 Å². The standard InChI is InChI=1S/C12H21NO3S/c1-9(7-12(15)16-2)17-8-11(14)13-10-5-3-4-6-10/h9-10H,3-8H2,1-2H3,(H,13,14). The second-order valence-corrected chi connectivity index (χ2v) is 5.88. The van der Waals surface area contributed by atoms with E-state index < -0.39 is 0 Å². The van der Waals surface area contributed by atoms with Crippen LogP contribution in [0.4, 0.5) is 0 Å². The second-order valence-electron chi connectivity index (χ2n) is 4.45. The number of hydrogen-bond donors (Lipinski definition) is 1. The van der Waals surface area contributed by atoms with Crippen molar-refractivity contribution in [2.75, 3.05) is 12.9 Å². The van der Waals surface area contributed by atoms with E-state index in [0.29, 0.717) is 18.2 Å². The molecule has 0 aliphatic heterocycles. The van der Waals surface area contributed by atoms with Gasteiger partial charge < -0.3 is 10.1 Å². The minimum atomic E-state index is -0.221. The minimum Gasteiger partial charge on any atom is -0.469 e. The number of amides is 1. The van der Waals surface area contributed by atoms with E-state index in [0.717, 1.165) is 12.8 Å². The Kier molecular flexibility index (Phi) is 6.40. The Balaban J connectivity index is 2.11. The first-order valence-electron chi connectivity index (χ1n) is 6.09. The summed E-state index contributed by atoms with van der Waals surface area (Å²) in [5.41, 5.74) is 0. The van der Waals surface area contributed by atoms with Crippen molar-refractivity contribution in [3.63, 3.8) is 0 Å². The van der Waals surface area contributed by atoms with E-state index in [4.69, 9.17) is 0 Å². The van der Waals surface area contributed by atoms with Crippen LogP contribution in [0.5, 0.6) is 0 Å². The van der Waals surface area contributed by atoms with E-state index in [1.165, 1.54) is 31.7 Å². The first kappa shape index (κ1) is 14.4. The third-order valence-corrected chi connectivity index (χ3v) is 4.07. The van der Waals surface area contributed by atoms with Gasteiger partial charge in [0.1, 0.15) is 0 Å². The largest absolute Gasteiger partial charge is 0.469 e. The summed E-state index contributed by atoms with van der Waals surface area (Å²) in [7, 11) is 1.38. The summed E-state index contributed by atoms with van der Waals surface area (Å²) < 4.78 is 4.58. The number of ether oxygens (including phenoxy) is 1. The maximum absolute atomic E-state index is 11.6. The Morgan fingerprint density at radius 3 is 2.65 bits per heavy atom. The molecule has 1 aliphatic rings. The van der Waals surface area contributed by atoms with Gasteiger partial charge in [0.2, 0.25) is 5.91 Å². The number of esters is 1. The molecule has 1 saturated carbocycles. The molecule has 0 aromatic rings. The van der Waals surface area contributed by atoms with Crippen LogP contribution in [0.3, 0.4) is 0 Å². The monoisotopic (exact) mass is 259 g/mol. The van der Waals surface area contributed by atoms with Crippen LogP contribution < -0.4 is 5.32 Å². The normalized spacial score (nSPS) is 17.8. The fraction of sp³-hybridized carbons (Fsp3) is 0.833. The van der Waals surface area contributed by atoms with Crippen LogP contribution in [-0.4, -0.2) is 36.0 Å². The highest BCUT2D eigenvalue weighted by Crippen LogP contribution is 2.18. The zero-order valence-corrected chi connectivity index (χ0v) is 11.3. The lowest BCUT2D eigenvalue weighted by Gasteiger charge is -2.13. The molecule has 1 amide bonds. The lowest BCUT2D eigenvalue weighted by Crippen LogP contribution is -2.34. The molecule has 0 saturated heterocycles. The predicted octanol–water partition coefficient (Wildman–Crippen LogP) is 1.73. The highest BCUT2D eigenvalue weighted by atomic mass is 32.2. The van der Waals surface area contributed by atoms with E-state index in [-0.39, 0.29) is 17.1 Å². The van der Waals surface area contributed by atoms with E-state index in [2.05, 4.69) is 10.1 Å². The second kappa shape index (κ2) is 7.58. The van der Waals surface area contributed by atoms with E-state index >= 15 is 0 Å². The fourth-order valence-electron chi connectivity index (χ4n) is 1.93. The molecule has 1 rings (SSSR count). The third kappa shape index (κ3) is 5.96. The van der Waals surface area contributed by atoms with Gasteiger partial charge in [0.25, 0.3) is 0 Å². The minimum absolute atomic E-state index is 0.0821. The number of carbonyl (C=O) groups is 2. The first-order chi connectivity index (χ1) is 8.11. The molecule has 1 atom stereocenters. The predicted molar refractivity (Wildman–Crippen MR) is 69.0 cm³/mol. The topological polar surface area (TPSA) is 55.4 Å². The smallest absolute Gasteiger partial charge is 0.306 e. The van der Waals surface area contributed by atoms with Gasteiger partial charge in [-0.25, -0.2) is 0 Å². The van der Waals surface area contributed by atoms with E-state index in [1.807, 2.05) is 6.92 Å². The Labute approximate surface area is 107 Å². The average molecular weight is 259 g/mol. The molecule has 0 heterocycles. The average Bonchev–Trinajstić information content (AvgIpc) is 2.79. The summed E-state index contributed by atoms with van der Waals surface area (Å²) in [6, 6.07) is 0.374. The van der Waals surface area contributed by atoms with Gasteiger partial charge in [-0.3, -0.25) is 9.59 Å². The Morgan fingerprint density at radius 2 is 2.06 bits per heavy atom. The van der Waals surface area contributed by atoms with Crippen LogP contribution in [0.25, 0.3) is 0 Å². The number of nitrogens with one attached hydrogen (secondary N) is 1. The van der Waals surface area contributed by atoms with Crippen LogP contribution in [0.15, 0.2) is 0 Å². The van der Waals surface area contributed by atoms with Crippen molar-refractivity contribution in [3.05, 3.63) is 0 Å². The maximum atomic E-state index is 11.6. The number of rotatable bonds is 6. The van der Waals surface area contributed by atoms with Crippen molar-refractivity contribution >= 4 is 23.6 Å². The first-order valence-corrected chi connectivity index (χ1v) is 7.14. The van der Waals surface area contributed by atoms with Gasteiger partial charge in [-0.15, -0.1) is 11.8 Å². The highest BCUT2D eigenvalue weighted by Gasteiger charge is 2.18. The van der Waals surface area contributed by atoms with Crippen LogP contribution in [0.2, 0.25) is 0 Å². The third-order valence-electron chi connectivity index (χ3n) is 2.90.